The number of alkyl halides is 3. The summed E-state index contributed by atoms with van der Waals surface area (Å²) in [6, 6.07) is 8.01. The van der Waals surface area contributed by atoms with E-state index in [1.165, 1.54) is 12.1 Å². The molecule has 16 heteroatoms. The zero-order valence-corrected chi connectivity index (χ0v) is 23.5. The standard InChI is InChI=1S/C25H27F3N6O5S2/c1-14(2)21(11-30-20(23(35)36)9-15-3-5-16(6-4-15)25(26,27)28)34-12-17(32-33-34)13-39-18-7-8-19-22(10-18)40-24(31-19)41(29,37)38/h3-8,10,12,14,20-21,30H,9,11,13H2,1-2H3,(H,35,36)(H2,29,37,38)/t20-,21-/m0/s1. The molecule has 0 unspecified atom stereocenters. The van der Waals surface area contributed by atoms with Gasteiger partial charge in [-0.25, -0.2) is 23.2 Å². The zero-order chi connectivity index (χ0) is 29.9. The summed E-state index contributed by atoms with van der Waals surface area (Å²) in [5.74, 6) is -0.638. The van der Waals surface area contributed by atoms with Gasteiger partial charge in [-0.2, -0.15) is 13.2 Å². The molecule has 0 saturated heterocycles. The van der Waals surface area contributed by atoms with Gasteiger partial charge in [-0.05, 0) is 48.2 Å². The molecule has 0 spiro atoms. The van der Waals surface area contributed by atoms with E-state index >= 15 is 0 Å². The molecular formula is C25H27F3N6O5S2. The van der Waals surface area contributed by atoms with E-state index < -0.39 is 33.8 Å². The van der Waals surface area contributed by atoms with E-state index in [9.17, 15) is 31.5 Å². The summed E-state index contributed by atoms with van der Waals surface area (Å²) in [4.78, 5) is 15.9. The van der Waals surface area contributed by atoms with Gasteiger partial charge in [-0.15, -0.1) is 16.4 Å². The predicted molar refractivity (Wildman–Crippen MR) is 144 cm³/mol. The van der Waals surface area contributed by atoms with E-state index in [1.54, 1.807) is 29.1 Å². The Labute approximate surface area is 237 Å². The molecule has 2 aromatic heterocycles. The van der Waals surface area contributed by atoms with Crippen LogP contribution < -0.4 is 15.2 Å². The molecule has 220 valence electrons. The average Bonchev–Trinajstić information content (AvgIpc) is 3.53. The number of hydrogen-bond acceptors (Lipinski definition) is 9. The first-order valence-electron chi connectivity index (χ1n) is 12.3. The summed E-state index contributed by atoms with van der Waals surface area (Å²) >= 11 is 0.933. The van der Waals surface area contributed by atoms with Gasteiger partial charge in [0.15, 0.2) is 0 Å². The van der Waals surface area contributed by atoms with E-state index in [-0.39, 0.29) is 35.9 Å². The number of aliphatic carboxylic acids is 1. The molecule has 0 saturated carbocycles. The van der Waals surface area contributed by atoms with Crippen molar-refractivity contribution in [3.8, 4) is 5.75 Å². The lowest BCUT2D eigenvalue weighted by molar-refractivity contribution is -0.140. The van der Waals surface area contributed by atoms with Crippen LogP contribution in [0.5, 0.6) is 5.75 Å². The number of hydrogen-bond donors (Lipinski definition) is 3. The van der Waals surface area contributed by atoms with Crippen LogP contribution in [0.4, 0.5) is 13.2 Å². The lowest BCUT2D eigenvalue weighted by atomic mass is 10.0. The number of nitrogens with one attached hydrogen (secondary N) is 1. The Morgan fingerprint density at radius 3 is 2.51 bits per heavy atom. The van der Waals surface area contributed by atoms with Crippen molar-refractivity contribution in [1.82, 2.24) is 25.3 Å². The molecule has 11 nitrogen and oxygen atoms in total. The van der Waals surface area contributed by atoms with Gasteiger partial charge < -0.3 is 15.2 Å². The molecule has 4 N–H and O–H groups in total. The smallest absolute Gasteiger partial charge is 0.416 e. The average molecular weight is 613 g/mol. The van der Waals surface area contributed by atoms with Gasteiger partial charge in [0.05, 0.1) is 28.0 Å². The summed E-state index contributed by atoms with van der Waals surface area (Å²) in [5, 5.41) is 26.1. The number of thiazole rings is 1. The van der Waals surface area contributed by atoms with E-state index in [2.05, 4.69) is 20.6 Å². The Morgan fingerprint density at radius 1 is 1.20 bits per heavy atom. The maximum atomic E-state index is 12.8. The number of carboxylic acids is 1. The van der Waals surface area contributed by atoms with Crippen molar-refractivity contribution >= 4 is 37.5 Å². The first-order valence-corrected chi connectivity index (χ1v) is 14.7. The fourth-order valence-corrected chi connectivity index (χ4v) is 5.69. The molecule has 0 amide bonds. The van der Waals surface area contributed by atoms with Crippen LogP contribution in [0.25, 0.3) is 10.2 Å². The highest BCUT2D eigenvalue weighted by Gasteiger charge is 2.30. The van der Waals surface area contributed by atoms with Crippen LogP contribution in [-0.4, -0.2) is 52.1 Å². The number of nitrogens with zero attached hydrogens (tertiary/aromatic N) is 4. The third kappa shape index (κ3) is 7.78. The van der Waals surface area contributed by atoms with Crippen LogP contribution in [0.3, 0.4) is 0 Å². The third-order valence-corrected chi connectivity index (χ3v) is 8.57. The molecule has 0 aliphatic heterocycles. The molecule has 4 rings (SSSR count). The highest BCUT2D eigenvalue weighted by Crippen LogP contribution is 2.30. The summed E-state index contributed by atoms with van der Waals surface area (Å²) in [6.45, 7) is 4.16. The topological polar surface area (TPSA) is 162 Å². The maximum absolute atomic E-state index is 12.8. The maximum Gasteiger partial charge on any atom is 0.416 e. The van der Waals surface area contributed by atoms with Gasteiger partial charge in [0.1, 0.15) is 24.1 Å². The fraction of sp³-hybridized carbons (Fsp3) is 0.360. The largest absolute Gasteiger partial charge is 0.487 e. The Hall–Kier alpha value is -3.60. The lowest BCUT2D eigenvalue weighted by Gasteiger charge is -2.24. The molecule has 0 fully saturated rings. The molecule has 2 heterocycles. The van der Waals surface area contributed by atoms with Crippen LogP contribution >= 0.6 is 11.3 Å². The second-order valence-corrected chi connectivity index (χ2v) is 12.4. The van der Waals surface area contributed by atoms with Crippen LogP contribution in [0.15, 0.2) is 53.0 Å². The molecular weight excluding hydrogens is 585 g/mol. The zero-order valence-electron chi connectivity index (χ0n) is 21.9. The first-order chi connectivity index (χ1) is 19.2. The molecule has 2 atom stereocenters. The van der Waals surface area contributed by atoms with Gasteiger partial charge in [0.2, 0.25) is 4.34 Å². The first kappa shape index (κ1) is 30.4. The molecule has 4 aromatic rings. The van der Waals surface area contributed by atoms with Crippen molar-refractivity contribution in [2.75, 3.05) is 6.54 Å². The molecule has 2 aromatic carbocycles. The quantitative estimate of drug-likeness (QED) is 0.217. The summed E-state index contributed by atoms with van der Waals surface area (Å²) < 4.78 is 69.4. The summed E-state index contributed by atoms with van der Waals surface area (Å²) in [6.07, 6.45) is -2.79. The minimum absolute atomic E-state index is 0.00244. The van der Waals surface area contributed by atoms with Crippen molar-refractivity contribution in [2.45, 2.75) is 49.5 Å². The Balaban J connectivity index is 1.38. The van der Waals surface area contributed by atoms with Gasteiger partial charge >= 0.3 is 12.1 Å². The monoisotopic (exact) mass is 612 g/mol. The van der Waals surface area contributed by atoms with E-state index in [1.807, 2.05) is 13.8 Å². The summed E-state index contributed by atoms with van der Waals surface area (Å²) in [7, 11) is -3.91. The third-order valence-electron chi connectivity index (χ3n) is 6.23. The lowest BCUT2D eigenvalue weighted by Crippen LogP contribution is -2.42. The normalized spacial score (nSPS) is 13.9. The summed E-state index contributed by atoms with van der Waals surface area (Å²) in [5.41, 5.74) is 0.635. The van der Waals surface area contributed by atoms with Crippen molar-refractivity contribution in [3.05, 3.63) is 65.5 Å². The number of nitrogens with two attached hydrogens (primary N) is 1. The highest BCUT2D eigenvalue weighted by molar-refractivity contribution is 7.91. The SMILES string of the molecule is CC(C)[C@H](CN[C@@H](Cc1ccc(C(F)(F)F)cc1)C(=O)O)n1cc(COc2ccc3nc(S(N)(=O)=O)sc3c2)nn1. The van der Waals surface area contributed by atoms with Crippen LogP contribution in [-0.2, 0) is 34.0 Å². The number of fused-ring (bicyclic) bond motifs is 1. The van der Waals surface area contributed by atoms with E-state index in [0.717, 1.165) is 23.5 Å². The Kier molecular flexibility index (Phi) is 8.96. The van der Waals surface area contributed by atoms with Gasteiger partial charge in [0, 0.05) is 6.54 Å². The van der Waals surface area contributed by atoms with Crippen LogP contribution in [0.2, 0.25) is 0 Å². The fourth-order valence-electron chi connectivity index (χ4n) is 4.00. The number of aromatic nitrogens is 4. The number of carboxylic acid groups (broad SMARTS) is 1. The van der Waals surface area contributed by atoms with E-state index in [0.29, 0.717) is 27.2 Å². The number of carbonyl (C=O) groups is 1. The van der Waals surface area contributed by atoms with Crippen molar-refractivity contribution in [3.63, 3.8) is 0 Å². The van der Waals surface area contributed by atoms with Crippen molar-refractivity contribution < 1.29 is 36.2 Å². The van der Waals surface area contributed by atoms with Crippen LogP contribution in [0.1, 0.15) is 36.7 Å². The number of rotatable bonds is 12. The van der Waals surface area contributed by atoms with Crippen LogP contribution in [0, 0.1) is 5.92 Å². The molecule has 0 aliphatic rings. The molecule has 41 heavy (non-hydrogen) atoms. The van der Waals surface area contributed by atoms with Gasteiger partial charge in [-0.1, -0.05) is 31.2 Å². The highest BCUT2D eigenvalue weighted by atomic mass is 32.2. The number of primary sulfonamides is 1. The van der Waals surface area contributed by atoms with E-state index in [4.69, 9.17) is 9.88 Å². The van der Waals surface area contributed by atoms with Gasteiger partial charge in [0.25, 0.3) is 10.0 Å². The second kappa shape index (κ2) is 12.1. The molecule has 0 radical (unpaired) electrons. The predicted octanol–water partition coefficient (Wildman–Crippen LogP) is 3.62. The minimum atomic E-state index is -4.47. The second-order valence-electron chi connectivity index (χ2n) is 9.64. The molecule has 0 bridgehead atoms. The number of sulfonamides is 1. The molecule has 0 aliphatic carbocycles. The minimum Gasteiger partial charge on any atom is -0.487 e. The Morgan fingerprint density at radius 2 is 1.90 bits per heavy atom. The number of benzene rings is 2. The number of ether oxygens (including phenoxy) is 1. The Bertz CT molecular complexity index is 1620. The van der Waals surface area contributed by atoms with Crippen molar-refractivity contribution in [2.24, 2.45) is 11.1 Å². The number of halogens is 3. The van der Waals surface area contributed by atoms with Gasteiger partial charge in [-0.3, -0.25) is 4.79 Å². The van der Waals surface area contributed by atoms with Crippen molar-refractivity contribution in [1.29, 1.82) is 0 Å².